The van der Waals surface area contributed by atoms with E-state index in [1.807, 2.05) is 6.07 Å². The van der Waals surface area contributed by atoms with E-state index in [1.54, 1.807) is 6.07 Å². The molecule has 0 aromatic carbocycles. The van der Waals surface area contributed by atoms with Crippen molar-refractivity contribution in [1.82, 2.24) is 4.98 Å². The Bertz CT molecular complexity index is 452. The minimum Gasteiger partial charge on any atom is -0.354 e. The zero-order chi connectivity index (χ0) is 12.4. The minimum atomic E-state index is 0.393. The van der Waals surface area contributed by atoms with Gasteiger partial charge >= 0.3 is 0 Å². The van der Waals surface area contributed by atoms with Gasteiger partial charge < -0.3 is 4.90 Å². The van der Waals surface area contributed by atoms with E-state index in [2.05, 4.69) is 29.8 Å². The van der Waals surface area contributed by atoms with E-state index in [1.165, 1.54) is 12.8 Å². The monoisotopic (exact) mass is 249 g/mol. The SMILES string of the molecule is CC1CCCN(c2cc(C#N)cc(Cl)n2)C1C. The molecular formula is C13H16ClN3. The highest BCUT2D eigenvalue weighted by molar-refractivity contribution is 6.29. The average Bonchev–Trinajstić information content (AvgIpc) is 2.31. The molecule has 0 saturated carbocycles. The molecule has 1 aliphatic rings. The summed E-state index contributed by atoms with van der Waals surface area (Å²) in [5.74, 6) is 1.48. The summed E-state index contributed by atoms with van der Waals surface area (Å²) in [4.78, 5) is 6.58. The Morgan fingerprint density at radius 1 is 1.47 bits per heavy atom. The number of halogens is 1. The summed E-state index contributed by atoms with van der Waals surface area (Å²) in [6.45, 7) is 5.45. The molecule has 0 N–H and O–H groups in total. The van der Waals surface area contributed by atoms with Gasteiger partial charge in [0.15, 0.2) is 0 Å². The highest BCUT2D eigenvalue weighted by Gasteiger charge is 2.25. The lowest BCUT2D eigenvalue weighted by Gasteiger charge is -2.38. The number of hydrogen-bond donors (Lipinski definition) is 0. The van der Waals surface area contributed by atoms with Gasteiger partial charge in [-0.15, -0.1) is 0 Å². The summed E-state index contributed by atoms with van der Waals surface area (Å²) < 4.78 is 0. The first-order valence-electron chi connectivity index (χ1n) is 5.96. The van der Waals surface area contributed by atoms with E-state index >= 15 is 0 Å². The Hall–Kier alpha value is -1.27. The molecule has 1 aromatic rings. The van der Waals surface area contributed by atoms with Gasteiger partial charge in [-0.25, -0.2) is 4.98 Å². The van der Waals surface area contributed by atoms with Crippen LogP contribution in [0.1, 0.15) is 32.3 Å². The number of pyridine rings is 1. The third kappa shape index (κ3) is 2.53. The van der Waals surface area contributed by atoms with Gasteiger partial charge in [0.25, 0.3) is 0 Å². The van der Waals surface area contributed by atoms with Crippen LogP contribution < -0.4 is 4.90 Å². The normalized spacial score (nSPS) is 24.5. The summed E-state index contributed by atoms with van der Waals surface area (Å²) in [5.41, 5.74) is 0.574. The lowest BCUT2D eigenvalue weighted by Crippen LogP contribution is -2.42. The third-order valence-electron chi connectivity index (χ3n) is 3.58. The lowest BCUT2D eigenvalue weighted by atomic mass is 9.92. The minimum absolute atomic E-state index is 0.393. The number of anilines is 1. The van der Waals surface area contributed by atoms with E-state index in [0.717, 1.165) is 12.4 Å². The predicted molar refractivity (Wildman–Crippen MR) is 69.2 cm³/mol. The maximum Gasteiger partial charge on any atom is 0.132 e. The highest BCUT2D eigenvalue weighted by Crippen LogP contribution is 2.28. The largest absolute Gasteiger partial charge is 0.354 e. The molecule has 0 bridgehead atoms. The molecule has 2 heterocycles. The van der Waals surface area contributed by atoms with Gasteiger partial charge in [-0.05, 0) is 37.8 Å². The van der Waals surface area contributed by atoms with Gasteiger partial charge in [0.2, 0.25) is 0 Å². The Kier molecular flexibility index (Phi) is 3.54. The molecule has 2 atom stereocenters. The number of rotatable bonds is 1. The summed E-state index contributed by atoms with van der Waals surface area (Å²) in [5, 5.41) is 9.34. The summed E-state index contributed by atoms with van der Waals surface area (Å²) in [7, 11) is 0. The van der Waals surface area contributed by atoms with E-state index in [-0.39, 0.29) is 0 Å². The van der Waals surface area contributed by atoms with Crippen molar-refractivity contribution in [2.45, 2.75) is 32.7 Å². The van der Waals surface area contributed by atoms with Gasteiger partial charge in [0.05, 0.1) is 11.6 Å². The molecule has 1 fully saturated rings. The van der Waals surface area contributed by atoms with Crippen LogP contribution in [0.15, 0.2) is 12.1 Å². The van der Waals surface area contributed by atoms with Crippen LogP contribution in [-0.2, 0) is 0 Å². The van der Waals surface area contributed by atoms with Crippen molar-refractivity contribution in [3.05, 3.63) is 22.8 Å². The topological polar surface area (TPSA) is 39.9 Å². The van der Waals surface area contributed by atoms with Gasteiger partial charge in [0.1, 0.15) is 11.0 Å². The molecule has 90 valence electrons. The average molecular weight is 250 g/mol. The fourth-order valence-electron chi connectivity index (χ4n) is 2.35. The Morgan fingerprint density at radius 2 is 2.24 bits per heavy atom. The fraction of sp³-hybridized carbons (Fsp3) is 0.538. The first-order chi connectivity index (χ1) is 8.11. The zero-order valence-electron chi connectivity index (χ0n) is 10.2. The van der Waals surface area contributed by atoms with Crippen molar-refractivity contribution in [2.75, 3.05) is 11.4 Å². The van der Waals surface area contributed by atoms with Crippen molar-refractivity contribution in [3.8, 4) is 6.07 Å². The van der Waals surface area contributed by atoms with E-state index in [0.29, 0.717) is 22.7 Å². The number of piperidine rings is 1. The summed E-state index contributed by atoms with van der Waals surface area (Å²) >= 11 is 5.94. The van der Waals surface area contributed by atoms with Crippen LogP contribution in [0.3, 0.4) is 0 Å². The van der Waals surface area contributed by atoms with Gasteiger partial charge in [0, 0.05) is 12.6 Å². The second kappa shape index (κ2) is 4.93. The molecule has 1 saturated heterocycles. The van der Waals surface area contributed by atoms with E-state index < -0.39 is 0 Å². The molecule has 0 amide bonds. The van der Waals surface area contributed by atoms with Crippen LogP contribution in [0, 0.1) is 17.2 Å². The zero-order valence-corrected chi connectivity index (χ0v) is 10.9. The standard InChI is InChI=1S/C13H16ClN3/c1-9-4-3-5-17(10(9)2)13-7-11(8-15)6-12(14)16-13/h6-7,9-10H,3-5H2,1-2H3. The molecule has 2 rings (SSSR count). The molecular weight excluding hydrogens is 234 g/mol. The molecule has 17 heavy (non-hydrogen) atoms. The maximum absolute atomic E-state index is 8.95. The van der Waals surface area contributed by atoms with Crippen LogP contribution in [-0.4, -0.2) is 17.6 Å². The lowest BCUT2D eigenvalue weighted by molar-refractivity contribution is 0.361. The van der Waals surface area contributed by atoms with Gasteiger partial charge in [-0.2, -0.15) is 5.26 Å². The van der Waals surface area contributed by atoms with Crippen molar-refractivity contribution >= 4 is 17.4 Å². The van der Waals surface area contributed by atoms with Gasteiger partial charge in [-0.3, -0.25) is 0 Å². The molecule has 2 unspecified atom stereocenters. The molecule has 3 nitrogen and oxygen atoms in total. The maximum atomic E-state index is 8.95. The van der Waals surface area contributed by atoms with Crippen LogP contribution in [0.4, 0.5) is 5.82 Å². The highest BCUT2D eigenvalue weighted by atomic mass is 35.5. The van der Waals surface area contributed by atoms with Crippen molar-refractivity contribution in [3.63, 3.8) is 0 Å². The van der Waals surface area contributed by atoms with Gasteiger partial charge in [-0.1, -0.05) is 18.5 Å². The number of aromatic nitrogens is 1. The molecule has 0 aliphatic carbocycles. The second-order valence-electron chi connectivity index (χ2n) is 4.70. The Balaban J connectivity index is 2.33. The molecule has 0 spiro atoms. The van der Waals surface area contributed by atoms with Crippen LogP contribution >= 0.6 is 11.6 Å². The second-order valence-corrected chi connectivity index (χ2v) is 5.09. The number of nitriles is 1. The smallest absolute Gasteiger partial charge is 0.132 e. The van der Waals surface area contributed by atoms with E-state index in [4.69, 9.17) is 16.9 Å². The quantitative estimate of drug-likeness (QED) is 0.718. The Morgan fingerprint density at radius 3 is 2.94 bits per heavy atom. The van der Waals surface area contributed by atoms with Crippen LogP contribution in [0.5, 0.6) is 0 Å². The predicted octanol–water partition coefficient (Wildman–Crippen LogP) is 3.23. The molecule has 1 aliphatic heterocycles. The summed E-state index contributed by atoms with van der Waals surface area (Å²) in [6, 6.07) is 5.99. The van der Waals surface area contributed by atoms with Crippen LogP contribution in [0.2, 0.25) is 5.15 Å². The molecule has 1 aromatic heterocycles. The van der Waals surface area contributed by atoms with Crippen molar-refractivity contribution in [2.24, 2.45) is 5.92 Å². The first-order valence-corrected chi connectivity index (χ1v) is 6.34. The number of nitrogens with zero attached hydrogens (tertiary/aromatic N) is 3. The first kappa shape index (κ1) is 12.2. The van der Waals surface area contributed by atoms with E-state index in [9.17, 15) is 0 Å². The van der Waals surface area contributed by atoms with Crippen molar-refractivity contribution < 1.29 is 0 Å². The third-order valence-corrected chi connectivity index (χ3v) is 3.77. The number of hydrogen-bond acceptors (Lipinski definition) is 3. The molecule has 0 radical (unpaired) electrons. The summed E-state index contributed by atoms with van der Waals surface area (Å²) in [6.07, 6.45) is 2.42. The van der Waals surface area contributed by atoms with Crippen LogP contribution in [0.25, 0.3) is 0 Å². The fourth-order valence-corrected chi connectivity index (χ4v) is 2.56. The molecule has 4 heteroatoms. The Labute approximate surface area is 107 Å². The van der Waals surface area contributed by atoms with Crippen molar-refractivity contribution in [1.29, 1.82) is 5.26 Å².